The highest BCUT2D eigenvalue weighted by atomic mass is 16.4. The van der Waals surface area contributed by atoms with Crippen molar-refractivity contribution in [1.29, 1.82) is 0 Å². The van der Waals surface area contributed by atoms with Gasteiger partial charge in [0.1, 0.15) is 0 Å². The Bertz CT molecular complexity index is 937. The molecule has 0 N–H and O–H groups in total. The molecule has 0 aliphatic carbocycles. The largest absolute Gasteiger partial charge is 0.419 e. The molecule has 1 aliphatic heterocycles. The average Bonchev–Trinajstić information content (AvgIpc) is 2.81. The Morgan fingerprint density at radius 2 is 1.96 bits per heavy atom. The van der Waals surface area contributed by atoms with E-state index in [0.717, 1.165) is 0 Å². The minimum Gasteiger partial charge on any atom is -0.408 e. The van der Waals surface area contributed by atoms with E-state index in [4.69, 9.17) is 4.42 Å². The first-order valence-electron chi connectivity index (χ1n) is 7.42. The zero-order valence-corrected chi connectivity index (χ0v) is 12.6. The van der Waals surface area contributed by atoms with Crippen molar-refractivity contribution < 1.29 is 9.21 Å². The van der Waals surface area contributed by atoms with Crippen LogP contribution in [0.2, 0.25) is 0 Å². The van der Waals surface area contributed by atoms with E-state index >= 15 is 0 Å². The smallest absolute Gasteiger partial charge is 0.408 e. The molecule has 116 valence electrons. The minimum absolute atomic E-state index is 0.0224. The van der Waals surface area contributed by atoms with Crippen molar-refractivity contribution >= 4 is 17.0 Å². The SMILES string of the molecule is Cn1c(=O)oc2ccc(C(=O)N3CC(c4ccncc4)C3)cc21. The third-order valence-corrected chi connectivity index (χ3v) is 4.38. The number of likely N-dealkylation sites (tertiary alicyclic amines) is 1. The molecule has 1 aliphatic rings. The van der Waals surface area contributed by atoms with Gasteiger partial charge in [0.15, 0.2) is 5.58 Å². The van der Waals surface area contributed by atoms with Gasteiger partial charge in [-0.1, -0.05) is 0 Å². The van der Waals surface area contributed by atoms with E-state index in [9.17, 15) is 9.59 Å². The summed E-state index contributed by atoms with van der Waals surface area (Å²) in [5.74, 6) is -0.0823. The molecule has 0 radical (unpaired) electrons. The molecule has 6 heteroatoms. The van der Waals surface area contributed by atoms with Crippen LogP contribution in [0, 0.1) is 0 Å². The number of amides is 1. The topological polar surface area (TPSA) is 68.3 Å². The Balaban J connectivity index is 1.54. The number of hydrogen-bond acceptors (Lipinski definition) is 4. The van der Waals surface area contributed by atoms with Crippen molar-refractivity contribution in [3.05, 3.63) is 64.4 Å². The van der Waals surface area contributed by atoms with Crippen LogP contribution >= 0.6 is 0 Å². The fourth-order valence-corrected chi connectivity index (χ4v) is 2.93. The molecule has 23 heavy (non-hydrogen) atoms. The number of fused-ring (bicyclic) bond motifs is 1. The molecule has 3 heterocycles. The van der Waals surface area contributed by atoms with E-state index < -0.39 is 5.76 Å². The summed E-state index contributed by atoms with van der Waals surface area (Å²) in [6.07, 6.45) is 3.54. The summed E-state index contributed by atoms with van der Waals surface area (Å²) in [7, 11) is 1.63. The fourth-order valence-electron chi connectivity index (χ4n) is 2.93. The Morgan fingerprint density at radius 3 is 2.70 bits per heavy atom. The second-order valence-corrected chi connectivity index (χ2v) is 5.80. The molecule has 0 saturated carbocycles. The summed E-state index contributed by atoms with van der Waals surface area (Å²) in [6, 6.07) is 9.05. The van der Waals surface area contributed by atoms with E-state index in [0.29, 0.717) is 35.7 Å². The van der Waals surface area contributed by atoms with Crippen LogP contribution in [0.15, 0.2) is 51.9 Å². The zero-order chi connectivity index (χ0) is 16.0. The van der Waals surface area contributed by atoms with Crippen LogP contribution in [0.5, 0.6) is 0 Å². The number of carbonyl (C=O) groups excluding carboxylic acids is 1. The van der Waals surface area contributed by atoms with Gasteiger partial charge in [0.2, 0.25) is 0 Å². The number of benzene rings is 1. The number of pyridine rings is 1. The highest BCUT2D eigenvalue weighted by molar-refractivity contribution is 5.97. The molecule has 3 aromatic rings. The molecule has 1 saturated heterocycles. The standard InChI is InChI=1S/C17H15N3O3/c1-19-14-8-12(2-3-15(14)23-17(19)22)16(21)20-9-13(10-20)11-4-6-18-7-5-11/h2-8,13H,9-10H2,1H3. The molecule has 0 spiro atoms. The van der Waals surface area contributed by atoms with Gasteiger partial charge in [-0.25, -0.2) is 4.79 Å². The van der Waals surface area contributed by atoms with Gasteiger partial charge >= 0.3 is 5.76 Å². The predicted molar refractivity (Wildman–Crippen MR) is 84.3 cm³/mol. The van der Waals surface area contributed by atoms with E-state index in [2.05, 4.69) is 4.98 Å². The van der Waals surface area contributed by atoms with E-state index in [1.807, 2.05) is 17.0 Å². The Labute approximate surface area is 132 Å². The van der Waals surface area contributed by atoms with Crippen LogP contribution in [0.4, 0.5) is 0 Å². The van der Waals surface area contributed by atoms with Gasteiger partial charge in [0.25, 0.3) is 5.91 Å². The van der Waals surface area contributed by atoms with Crippen LogP contribution in [0.3, 0.4) is 0 Å². The van der Waals surface area contributed by atoms with Gasteiger partial charge in [0, 0.05) is 44.0 Å². The third kappa shape index (κ3) is 2.23. The van der Waals surface area contributed by atoms with Gasteiger partial charge in [0.05, 0.1) is 5.52 Å². The lowest BCUT2D eigenvalue weighted by Crippen LogP contribution is -2.48. The van der Waals surface area contributed by atoms with Crippen LogP contribution in [-0.4, -0.2) is 33.4 Å². The summed E-state index contributed by atoms with van der Waals surface area (Å²) in [6.45, 7) is 1.40. The molecule has 4 rings (SSSR count). The van der Waals surface area contributed by atoms with Crippen molar-refractivity contribution in [2.24, 2.45) is 7.05 Å². The fraction of sp³-hybridized carbons (Fsp3) is 0.235. The molecule has 1 amide bonds. The lowest BCUT2D eigenvalue weighted by Gasteiger charge is -2.39. The summed E-state index contributed by atoms with van der Waals surface area (Å²) < 4.78 is 6.49. The maximum Gasteiger partial charge on any atom is 0.419 e. The Morgan fingerprint density at radius 1 is 1.22 bits per heavy atom. The molecular formula is C17H15N3O3. The van der Waals surface area contributed by atoms with Crippen molar-refractivity contribution in [2.45, 2.75) is 5.92 Å². The molecule has 6 nitrogen and oxygen atoms in total. The van der Waals surface area contributed by atoms with Gasteiger partial charge in [-0.2, -0.15) is 0 Å². The number of rotatable bonds is 2. The lowest BCUT2D eigenvalue weighted by atomic mass is 9.91. The minimum atomic E-state index is -0.425. The van der Waals surface area contributed by atoms with E-state index in [1.54, 1.807) is 37.6 Å². The molecule has 0 bridgehead atoms. The highest BCUT2D eigenvalue weighted by Gasteiger charge is 2.32. The number of oxazole rings is 1. The quantitative estimate of drug-likeness (QED) is 0.723. The molecule has 0 unspecified atom stereocenters. The van der Waals surface area contributed by atoms with Crippen molar-refractivity contribution in [1.82, 2.24) is 14.5 Å². The van der Waals surface area contributed by atoms with Crippen LogP contribution in [0.25, 0.3) is 11.1 Å². The van der Waals surface area contributed by atoms with Crippen molar-refractivity contribution in [3.63, 3.8) is 0 Å². The molecular weight excluding hydrogens is 294 g/mol. The molecule has 1 fully saturated rings. The second-order valence-electron chi connectivity index (χ2n) is 5.80. The summed E-state index contributed by atoms with van der Waals surface area (Å²) in [5.41, 5.74) is 2.90. The van der Waals surface area contributed by atoms with E-state index in [1.165, 1.54) is 10.1 Å². The maximum absolute atomic E-state index is 12.6. The van der Waals surface area contributed by atoms with Gasteiger partial charge in [-0.3, -0.25) is 14.3 Å². The first kappa shape index (κ1) is 13.8. The molecule has 2 aromatic heterocycles. The normalized spacial score (nSPS) is 14.9. The molecule has 0 atom stereocenters. The van der Waals surface area contributed by atoms with E-state index in [-0.39, 0.29) is 5.91 Å². The number of aryl methyl sites for hydroxylation is 1. The van der Waals surface area contributed by atoms with Gasteiger partial charge in [-0.15, -0.1) is 0 Å². The highest BCUT2D eigenvalue weighted by Crippen LogP contribution is 2.28. The number of aromatic nitrogens is 2. The predicted octanol–water partition coefficient (Wildman–Crippen LogP) is 1.77. The second kappa shape index (κ2) is 5.08. The van der Waals surface area contributed by atoms with Crippen LogP contribution < -0.4 is 5.76 Å². The van der Waals surface area contributed by atoms with Crippen molar-refractivity contribution in [3.8, 4) is 0 Å². The van der Waals surface area contributed by atoms with Crippen LogP contribution in [0.1, 0.15) is 21.8 Å². The van der Waals surface area contributed by atoms with Crippen LogP contribution in [-0.2, 0) is 7.05 Å². The Kier molecular flexibility index (Phi) is 3.04. The number of nitrogens with zero attached hydrogens (tertiary/aromatic N) is 3. The maximum atomic E-state index is 12.6. The van der Waals surface area contributed by atoms with Crippen molar-refractivity contribution in [2.75, 3.05) is 13.1 Å². The van der Waals surface area contributed by atoms with Gasteiger partial charge in [-0.05, 0) is 35.9 Å². The molecule has 1 aromatic carbocycles. The Hall–Kier alpha value is -2.89. The summed E-state index contributed by atoms with van der Waals surface area (Å²) >= 11 is 0. The number of hydrogen-bond donors (Lipinski definition) is 0. The number of carbonyl (C=O) groups is 1. The lowest BCUT2D eigenvalue weighted by molar-refractivity contribution is 0.0602. The zero-order valence-electron chi connectivity index (χ0n) is 12.6. The first-order valence-corrected chi connectivity index (χ1v) is 7.42. The summed E-state index contributed by atoms with van der Waals surface area (Å²) in [4.78, 5) is 29.9. The summed E-state index contributed by atoms with van der Waals surface area (Å²) in [5, 5.41) is 0. The monoisotopic (exact) mass is 309 g/mol. The first-order chi connectivity index (χ1) is 11.1. The van der Waals surface area contributed by atoms with Gasteiger partial charge < -0.3 is 9.32 Å². The average molecular weight is 309 g/mol. The third-order valence-electron chi connectivity index (χ3n) is 4.38.